The molecule has 0 aliphatic carbocycles. The number of hydrogen-bond donors (Lipinski definition) is 1. The first kappa shape index (κ1) is 18.4. The number of carbonyl (C=O) groups excluding carboxylic acids is 1. The van der Waals surface area contributed by atoms with Crippen LogP contribution in [0.25, 0.3) is 0 Å². The van der Waals surface area contributed by atoms with E-state index in [9.17, 15) is 4.79 Å². The molecule has 4 nitrogen and oxygen atoms in total. The van der Waals surface area contributed by atoms with Crippen LogP contribution in [-0.4, -0.2) is 42.6 Å². The first-order valence-corrected chi connectivity index (χ1v) is 7.37. The first-order valence-electron chi connectivity index (χ1n) is 6.62. The summed E-state index contributed by atoms with van der Waals surface area (Å²) >= 11 is 11.8. The summed E-state index contributed by atoms with van der Waals surface area (Å²) in [6.45, 7) is 6.10. The maximum atomic E-state index is 12.4. The second-order valence-electron chi connectivity index (χ2n) is 4.92. The van der Waals surface area contributed by atoms with Crippen molar-refractivity contribution in [2.24, 2.45) is 0 Å². The number of ether oxygens (including phenoxy) is 1. The Hall–Kier alpha value is -0.680. The number of rotatable bonds is 3. The summed E-state index contributed by atoms with van der Waals surface area (Å²) in [6.07, 6.45) is -0.548. The summed E-state index contributed by atoms with van der Waals surface area (Å²) < 4.78 is 5.66. The van der Waals surface area contributed by atoms with Gasteiger partial charge in [0.1, 0.15) is 5.75 Å². The molecule has 0 radical (unpaired) electrons. The molecule has 7 heteroatoms. The first-order chi connectivity index (χ1) is 9.49. The number of nitrogens with zero attached hydrogens (tertiary/aromatic N) is 1. The Morgan fingerprint density at radius 2 is 2.14 bits per heavy atom. The van der Waals surface area contributed by atoms with Crippen molar-refractivity contribution >= 4 is 41.5 Å². The summed E-state index contributed by atoms with van der Waals surface area (Å²) in [6, 6.07) is 5.16. The van der Waals surface area contributed by atoms with Gasteiger partial charge in [-0.3, -0.25) is 4.79 Å². The lowest BCUT2D eigenvalue weighted by Gasteiger charge is -2.35. The third-order valence-corrected chi connectivity index (χ3v) is 4.08. The average Bonchev–Trinajstić information content (AvgIpc) is 2.42. The van der Waals surface area contributed by atoms with Crippen LogP contribution in [0.1, 0.15) is 13.8 Å². The summed E-state index contributed by atoms with van der Waals surface area (Å²) in [4.78, 5) is 14.2. The Bertz CT molecular complexity index is 499. The van der Waals surface area contributed by atoms with E-state index in [-0.39, 0.29) is 24.4 Å². The van der Waals surface area contributed by atoms with E-state index in [4.69, 9.17) is 27.9 Å². The molecule has 1 fully saturated rings. The molecule has 1 aromatic carbocycles. The van der Waals surface area contributed by atoms with Crippen LogP contribution in [0.4, 0.5) is 0 Å². The monoisotopic (exact) mass is 352 g/mol. The van der Waals surface area contributed by atoms with E-state index in [2.05, 4.69) is 5.32 Å². The highest BCUT2D eigenvalue weighted by atomic mass is 35.5. The van der Waals surface area contributed by atoms with Gasteiger partial charge in [-0.25, -0.2) is 0 Å². The molecular formula is C14H19Cl3N2O2. The van der Waals surface area contributed by atoms with Crippen LogP contribution in [0.3, 0.4) is 0 Å². The largest absolute Gasteiger partial charge is 0.481 e. The van der Waals surface area contributed by atoms with E-state index >= 15 is 0 Å². The number of nitrogens with one attached hydrogen (secondary N) is 1. The third-order valence-electron chi connectivity index (χ3n) is 3.34. The predicted octanol–water partition coefficient (Wildman–Crippen LogP) is 3.00. The van der Waals surface area contributed by atoms with Gasteiger partial charge in [0.05, 0.1) is 10.0 Å². The highest BCUT2D eigenvalue weighted by molar-refractivity contribution is 6.42. The second kappa shape index (κ2) is 8.08. The summed E-state index contributed by atoms with van der Waals surface area (Å²) in [5.74, 6) is 0.535. The smallest absolute Gasteiger partial charge is 0.263 e. The van der Waals surface area contributed by atoms with Crippen LogP contribution >= 0.6 is 35.6 Å². The zero-order chi connectivity index (χ0) is 14.7. The van der Waals surface area contributed by atoms with Gasteiger partial charge < -0.3 is 15.0 Å². The molecular weight excluding hydrogens is 335 g/mol. The number of hydrogen-bond acceptors (Lipinski definition) is 3. The fourth-order valence-corrected chi connectivity index (χ4v) is 2.49. The summed E-state index contributed by atoms with van der Waals surface area (Å²) in [5.41, 5.74) is 0. The van der Waals surface area contributed by atoms with Gasteiger partial charge in [-0.05, 0) is 26.0 Å². The van der Waals surface area contributed by atoms with Crippen LogP contribution in [0.2, 0.25) is 10.0 Å². The zero-order valence-electron chi connectivity index (χ0n) is 11.9. The maximum absolute atomic E-state index is 12.4. The molecule has 1 N–H and O–H groups in total. The fraction of sp³-hybridized carbons (Fsp3) is 0.500. The van der Waals surface area contributed by atoms with Crippen LogP contribution < -0.4 is 10.1 Å². The van der Waals surface area contributed by atoms with Gasteiger partial charge in [0.2, 0.25) is 0 Å². The quantitative estimate of drug-likeness (QED) is 0.908. The molecule has 1 aliphatic heterocycles. The summed E-state index contributed by atoms with van der Waals surface area (Å²) in [5, 5.41) is 4.14. The lowest BCUT2D eigenvalue weighted by Crippen LogP contribution is -2.55. The van der Waals surface area contributed by atoms with Crippen LogP contribution in [0, 0.1) is 0 Å². The van der Waals surface area contributed by atoms with Crippen molar-refractivity contribution in [1.29, 1.82) is 0 Å². The lowest BCUT2D eigenvalue weighted by atomic mass is 10.2. The number of carbonyl (C=O) groups is 1. The molecule has 0 aromatic heterocycles. The maximum Gasteiger partial charge on any atom is 0.263 e. The van der Waals surface area contributed by atoms with Crippen molar-refractivity contribution in [3.8, 4) is 5.75 Å². The van der Waals surface area contributed by atoms with E-state index in [1.807, 2.05) is 11.8 Å². The zero-order valence-corrected chi connectivity index (χ0v) is 14.3. The highest BCUT2D eigenvalue weighted by Gasteiger charge is 2.27. The van der Waals surface area contributed by atoms with E-state index in [0.717, 1.165) is 13.1 Å². The molecule has 118 valence electrons. The minimum absolute atomic E-state index is 0. The predicted molar refractivity (Wildman–Crippen MR) is 87.8 cm³/mol. The van der Waals surface area contributed by atoms with Crippen LogP contribution in [0.5, 0.6) is 5.75 Å². The van der Waals surface area contributed by atoms with E-state index in [1.54, 1.807) is 25.1 Å². The fourth-order valence-electron chi connectivity index (χ4n) is 2.21. The van der Waals surface area contributed by atoms with Crippen molar-refractivity contribution in [3.05, 3.63) is 28.2 Å². The van der Waals surface area contributed by atoms with E-state index in [0.29, 0.717) is 22.3 Å². The molecule has 1 saturated heterocycles. The topological polar surface area (TPSA) is 41.6 Å². The van der Waals surface area contributed by atoms with Crippen LogP contribution in [-0.2, 0) is 4.79 Å². The van der Waals surface area contributed by atoms with Gasteiger partial charge in [0.15, 0.2) is 6.10 Å². The van der Waals surface area contributed by atoms with Crippen molar-refractivity contribution in [2.45, 2.75) is 26.0 Å². The normalized spacial score (nSPS) is 19.6. The molecule has 1 aromatic rings. The minimum atomic E-state index is -0.548. The number of amides is 1. The van der Waals surface area contributed by atoms with Crippen molar-refractivity contribution in [3.63, 3.8) is 0 Å². The van der Waals surface area contributed by atoms with Crippen molar-refractivity contribution < 1.29 is 9.53 Å². The molecule has 0 spiro atoms. The molecule has 1 unspecified atom stereocenters. The van der Waals surface area contributed by atoms with Gasteiger partial charge in [-0.2, -0.15) is 0 Å². The SMILES string of the molecule is CC(Oc1ccc(Cl)c(Cl)c1)C(=O)N1CCNC[C@@H]1C.Cl. The molecule has 21 heavy (non-hydrogen) atoms. The van der Waals surface area contributed by atoms with Gasteiger partial charge in [-0.15, -0.1) is 12.4 Å². The number of piperazine rings is 1. The van der Waals surface area contributed by atoms with Gasteiger partial charge >= 0.3 is 0 Å². The molecule has 1 aliphatic rings. The molecule has 2 atom stereocenters. The highest BCUT2D eigenvalue weighted by Crippen LogP contribution is 2.27. The minimum Gasteiger partial charge on any atom is -0.481 e. The molecule has 0 saturated carbocycles. The Labute approximate surface area is 141 Å². The van der Waals surface area contributed by atoms with E-state index in [1.165, 1.54) is 0 Å². The van der Waals surface area contributed by atoms with Crippen LogP contribution in [0.15, 0.2) is 18.2 Å². The van der Waals surface area contributed by atoms with E-state index < -0.39 is 6.10 Å². The van der Waals surface area contributed by atoms with Crippen molar-refractivity contribution in [1.82, 2.24) is 10.2 Å². The number of benzene rings is 1. The van der Waals surface area contributed by atoms with Gasteiger partial charge in [0, 0.05) is 31.7 Å². The summed E-state index contributed by atoms with van der Waals surface area (Å²) in [7, 11) is 0. The molecule has 1 heterocycles. The average molecular weight is 354 g/mol. The Balaban J connectivity index is 0.00000220. The standard InChI is InChI=1S/C14H18Cl2N2O2.ClH/c1-9-8-17-5-6-18(9)14(19)10(2)20-11-3-4-12(15)13(16)7-11;/h3-4,7,9-10,17H,5-6,8H2,1-2H3;1H/t9-,10?;/m0./s1. The second-order valence-corrected chi connectivity index (χ2v) is 5.74. The Morgan fingerprint density at radius 3 is 2.76 bits per heavy atom. The Kier molecular flexibility index (Phi) is 7.07. The molecule has 1 amide bonds. The molecule has 0 bridgehead atoms. The third kappa shape index (κ3) is 4.65. The van der Waals surface area contributed by atoms with Gasteiger partial charge in [0.25, 0.3) is 5.91 Å². The lowest BCUT2D eigenvalue weighted by molar-refractivity contribution is -0.140. The van der Waals surface area contributed by atoms with Gasteiger partial charge in [-0.1, -0.05) is 23.2 Å². The van der Waals surface area contributed by atoms with Crippen molar-refractivity contribution in [2.75, 3.05) is 19.6 Å². The Morgan fingerprint density at radius 1 is 1.43 bits per heavy atom. The molecule has 2 rings (SSSR count). The number of halogens is 3.